The first-order chi connectivity index (χ1) is 13.1. The van der Waals surface area contributed by atoms with Crippen LogP contribution in [0.3, 0.4) is 0 Å². The number of nitrogens with zero attached hydrogens (tertiary/aromatic N) is 3. The van der Waals surface area contributed by atoms with E-state index in [0.717, 1.165) is 35.1 Å². The lowest BCUT2D eigenvalue weighted by atomic mass is 9.52. The zero-order chi connectivity index (χ0) is 18.2. The molecule has 0 amide bonds. The number of H-pyrrole nitrogens is 1. The van der Waals surface area contributed by atoms with E-state index in [1.54, 1.807) is 6.20 Å². The highest BCUT2D eigenvalue weighted by atomic mass is 16.5. The second kappa shape index (κ2) is 5.32. The SMILES string of the molecule is Cc1noc(-c2cnc3[nH]ccc3c2NC2C3CC4CC(C3)CC2(O)C4)n1. The van der Waals surface area contributed by atoms with Crippen LogP contribution >= 0.6 is 0 Å². The van der Waals surface area contributed by atoms with E-state index in [1.165, 1.54) is 19.3 Å². The Balaban J connectivity index is 1.46. The second-order valence-corrected chi connectivity index (χ2v) is 8.77. The molecule has 7 rings (SSSR count). The third kappa shape index (κ3) is 2.27. The first-order valence-corrected chi connectivity index (χ1v) is 9.85. The van der Waals surface area contributed by atoms with Gasteiger partial charge in [0.1, 0.15) is 5.65 Å². The van der Waals surface area contributed by atoms with Gasteiger partial charge in [-0.25, -0.2) is 4.98 Å². The Hall–Kier alpha value is -2.41. The molecule has 7 heteroatoms. The van der Waals surface area contributed by atoms with Crippen molar-refractivity contribution in [2.45, 2.75) is 50.7 Å². The maximum Gasteiger partial charge on any atom is 0.261 e. The molecule has 4 aliphatic rings. The number of pyridine rings is 1. The monoisotopic (exact) mass is 365 g/mol. The number of hydrogen-bond acceptors (Lipinski definition) is 6. The van der Waals surface area contributed by atoms with Crippen LogP contribution in [-0.4, -0.2) is 36.9 Å². The normalized spacial score (nSPS) is 34.4. The van der Waals surface area contributed by atoms with Crippen molar-refractivity contribution in [1.29, 1.82) is 0 Å². The Bertz CT molecular complexity index is 1010. The fourth-order valence-electron chi connectivity index (χ4n) is 6.14. The van der Waals surface area contributed by atoms with Crippen LogP contribution in [0.5, 0.6) is 0 Å². The van der Waals surface area contributed by atoms with Crippen LogP contribution in [0, 0.1) is 24.7 Å². The lowest BCUT2D eigenvalue weighted by Gasteiger charge is -2.59. The van der Waals surface area contributed by atoms with Gasteiger partial charge in [0.25, 0.3) is 5.89 Å². The molecule has 140 valence electrons. The van der Waals surface area contributed by atoms with Crippen LogP contribution in [0.15, 0.2) is 23.0 Å². The summed E-state index contributed by atoms with van der Waals surface area (Å²) < 4.78 is 5.44. The molecule has 0 saturated heterocycles. The number of aliphatic hydroxyl groups is 1. The van der Waals surface area contributed by atoms with Crippen LogP contribution in [0.1, 0.15) is 37.9 Å². The van der Waals surface area contributed by atoms with Gasteiger partial charge in [-0.3, -0.25) is 0 Å². The van der Waals surface area contributed by atoms with Gasteiger partial charge in [0, 0.05) is 17.8 Å². The predicted molar refractivity (Wildman–Crippen MR) is 100 cm³/mol. The molecule has 0 aromatic carbocycles. The molecular formula is C20H23N5O2. The zero-order valence-corrected chi connectivity index (χ0v) is 15.3. The van der Waals surface area contributed by atoms with Gasteiger partial charge in [-0.2, -0.15) is 4.98 Å². The van der Waals surface area contributed by atoms with Gasteiger partial charge < -0.3 is 19.9 Å². The smallest absolute Gasteiger partial charge is 0.261 e. The van der Waals surface area contributed by atoms with Crippen LogP contribution in [0.25, 0.3) is 22.5 Å². The molecule has 3 heterocycles. The lowest BCUT2D eigenvalue weighted by molar-refractivity contribution is -0.133. The minimum Gasteiger partial charge on any atom is -0.388 e. The predicted octanol–water partition coefficient (Wildman–Crippen LogP) is 3.27. The first kappa shape index (κ1) is 15.6. The summed E-state index contributed by atoms with van der Waals surface area (Å²) in [7, 11) is 0. The summed E-state index contributed by atoms with van der Waals surface area (Å²) in [6, 6.07) is 2.06. The van der Waals surface area contributed by atoms with Crippen molar-refractivity contribution in [2.75, 3.05) is 5.32 Å². The van der Waals surface area contributed by atoms with E-state index in [0.29, 0.717) is 29.5 Å². The third-order valence-corrected chi connectivity index (χ3v) is 6.92. The highest BCUT2D eigenvalue weighted by Gasteiger charge is 2.56. The molecule has 27 heavy (non-hydrogen) atoms. The number of aromatic nitrogens is 4. The van der Waals surface area contributed by atoms with Gasteiger partial charge in [0.2, 0.25) is 0 Å². The van der Waals surface area contributed by atoms with Crippen LogP contribution in [-0.2, 0) is 0 Å². The molecule has 4 bridgehead atoms. The highest BCUT2D eigenvalue weighted by molar-refractivity contribution is 5.97. The van der Waals surface area contributed by atoms with Crippen molar-refractivity contribution < 1.29 is 9.63 Å². The fourth-order valence-corrected chi connectivity index (χ4v) is 6.14. The van der Waals surface area contributed by atoms with E-state index in [4.69, 9.17) is 4.52 Å². The summed E-state index contributed by atoms with van der Waals surface area (Å²) in [5, 5.41) is 20.1. The lowest BCUT2D eigenvalue weighted by Crippen LogP contribution is -2.63. The van der Waals surface area contributed by atoms with Crippen LogP contribution in [0.4, 0.5) is 5.69 Å². The van der Waals surface area contributed by atoms with Gasteiger partial charge in [0.15, 0.2) is 5.82 Å². The Morgan fingerprint density at radius 3 is 2.78 bits per heavy atom. The number of aromatic amines is 1. The summed E-state index contributed by atoms with van der Waals surface area (Å²) >= 11 is 0. The molecule has 4 aliphatic carbocycles. The standard InChI is InChI=1S/C20H23N5O2/c1-10-23-19(27-25-10)15-9-22-18-14(2-3-21-18)16(15)24-17-13-5-11-4-12(6-13)8-20(17,26)7-11/h2-3,9,11-13,17,26H,4-8H2,1H3,(H2,21,22,24). The quantitative estimate of drug-likeness (QED) is 0.659. The molecule has 3 unspecified atom stereocenters. The number of anilines is 1. The Morgan fingerprint density at radius 1 is 1.26 bits per heavy atom. The molecule has 3 aromatic heterocycles. The summed E-state index contributed by atoms with van der Waals surface area (Å²) in [6.07, 6.45) is 9.21. The van der Waals surface area contributed by atoms with E-state index in [1.807, 2.05) is 19.2 Å². The molecule has 3 aromatic rings. The molecule has 0 radical (unpaired) electrons. The van der Waals surface area contributed by atoms with E-state index in [-0.39, 0.29) is 6.04 Å². The Labute approximate surface area is 156 Å². The topological polar surface area (TPSA) is 99.9 Å². The number of nitrogens with one attached hydrogen (secondary N) is 2. The molecule has 4 fully saturated rings. The molecule has 3 N–H and O–H groups in total. The van der Waals surface area contributed by atoms with Crippen LogP contribution < -0.4 is 5.32 Å². The molecule has 7 nitrogen and oxygen atoms in total. The van der Waals surface area contributed by atoms with E-state index < -0.39 is 5.60 Å². The van der Waals surface area contributed by atoms with Crippen molar-refractivity contribution in [3.8, 4) is 11.5 Å². The minimum absolute atomic E-state index is 0.0496. The number of aryl methyl sites for hydroxylation is 1. The highest BCUT2D eigenvalue weighted by Crippen LogP contribution is 2.56. The van der Waals surface area contributed by atoms with Crippen molar-refractivity contribution in [1.82, 2.24) is 20.1 Å². The zero-order valence-electron chi connectivity index (χ0n) is 15.3. The number of fused-ring (bicyclic) bond motifs is 1. The average Bonchev–Trinajstić information content (AvgIpc) is 3.25. The maximum absolute atomic E-state index is 11.5. The van der Waals surface area contributed by atoms with Gasteiger partial charge in [-0.15, -0.1) is 0 Å². The average molecular weight is 365 g/mol. The van der Waals surface area contributed by atoms with Crippen LogP contribution in [0.2, 0.25) is 0 Å². The molecule has 4 saturated carbocycles. The Morgan fingerprint density at radius 2 is 2.07 bits per heavy atom. The number of hydrogen-bond donors (Lipinski definition) is 3. The second-order valence-electron chi connectivity index (χ2n) is 8.77. The summed E-state index contributed by atoms with van der Waals surface area (Å²) in [5.74, 6) is 2.95. The molecule has 0 aliphatic heterocycles. The molecule has 0 spiro atoms. The summed E-state index contributed by atoms with van der Waals surface area (Å²) in [4.78, 5) is 12.1. The van der Waals surface area contributed by atoms with Crippen molar-refractivity contribution in [3.05, 3.63) is 24.3 Å². The minimum atomic E-state index is -0.622. The largest absolute Gasteiger partial charge is 0.388 e. The Kier molecular flexibility index (Phi) is 3.08. The van der Waals surface area contributed by atoms with E-state index in [2.05, 4.69) is 25.4 Å². The third-order valence-electron chi connectivity index (χ3n) is 6.92. The van der Waals surface area contributed by atoms with E-state index in [9.17, 15) is 5.11 Å². The van der Waals surface area contributed by atoms with E-state index >= 15 is 0 Å². The maximum atomic E-state index is 11.5. The van der Waals surface area contributed by atoms with Gasteiger partial charge in [0.05, 0.1) is 22.9 Å². The van der Waals surface area contributed by atoms with Gasteiger partial charge >= 0.3 is 0 Å². The molecule has 3 atom stereocenters. The van der Waals surface area contributed by atoms with Gasteiger partial charge in [-0.1, -0.05) is 5.16 Å². The van der Waals surface area contributed by atoms with Gasteiger partial charge in [-0.05, 0) is 62.8 Å². The summed E-state index contributed by atoms with van der Waals surface area (Å²) in [5.41, 5.74) is 1.91. The first-order valence-electron chi connectivity index (χ1n) is 9.85. The van der Waals surface area contributed by atoms with Crippen molar-refractivity contribution in [3.63, 3.8) is 0 Å². The number of rotatable bonds is 3. The van der Waals surface area contributed by atoms with Crippen molar-refractivity contribution >= 4 is 16.7 Å². The van der Waals surface area contributed by atoms with Crippen molar-refractivity contribution in [2.24, 2.45) is 17.8 Å². The molecular weight excluding hydrogens is 342 g/mol. The summed E-state index contributed by atoms with van der Waals surface area (Å²) in [6.45, 7) is 1.81. The fraction of sp³-hybridized carbons (Fsp3) is 0.550.